The molecule has 27 heavy (non-hydrogen) atoms. The smallest absolute Gasteiger partial charge is 0.128 e. The Balaban J connectivity index is 1.23. The van der Waals surface area contributed by atoms with E-state index in [1.165, 1.54) is 68.5 Å². The highest BCUT2D eigenvalue weighted by molar-refractivity contribution is 7.11. The summed E-state index contributed by atoms with van der Waals surface area (Å²) >= 11 is 2.03. The van der Waals surface area contributed by atoms with E-state index in [0.29, 0.717) is 5.92 Å². The van der Waals surface area contributed by atoms with Crippen molar-refractivity contribution in [3.63, 3.8) is 0 Å². The maximum atomic E-state index is 5.16. The lowest BCUT2D eigenvalue weighted by Gasteiger charge is -2.29. The summed E-state index contributed by atoms with van der Waals surface area (Å²) in [6, 6.07) is 6.35. The molecule has 0 aromatic carbocycles. The number of hydrogen-bond donors (Lipinski definition) is 0. The summed E-state index contributed by atoms with van der Waals surface area (Å²) < 4.78 is 0. The molecular weight excluding hydrogens is 350 g/mol. The predicted octanol–water partition coefficient (Wildman–Crippen LogP) is 5.53. The van der Waals surface area contributed by atoms with Crippen molar-refractivity contribution in [2.24, 2.45) is 11.8 Å². The fourth-order valence-electron chi connectivity index (χ4n) is 5.10. The molecule has 4 heteroatoms. The van der Waals surface area contributed by atoms with Gasteiger partial charge in [0, 0.05) is 29.6 Å². The van der Waals surface area contributed by atoms with Crippen LogP contribution in [0.3, 0.4) is 0 Å². The Bertz CT molecular complexity index is 769. The van der Waals surface area contributed by atoms with E-state index in [2.05, 4.69) is 30.0 Å². The topological polar surface area (TPSA) is 29.0 Å². The van der Waals surface area contributed by atoms with Crippen LogP contribution in [-0.2, 0) is 12.8 Å². The minimum Gasteiger partial charge on any atom is -0.356 e. The molecule has 3 heterocycles. The second-order valence-electron chi connectivity index (χ2n) is 8.97. The zero-order valence-electron chi connectivity index (χ0n) is 16.5. The highest BCUT2D eigenvalue weighted by Crippen LogP contribution is 2.39. The van der Waals surface area contributed by atoms with E-state index < -0.39 is 0 Å². The molecule has 0 spiro atoms. The maximum Gasteiger partial charge on any atom is 0.128 e. The van der Waals surface area contributed by atoms with Crippen LogP contribution in [0.1, 0.15) is 72.1 Å². The minimum absolute atomic E-state index is 0.593. The zero-order valence-corrected chi connectivity index (χ0v) is 17.3. The summed E-state index contributed by atoms with van der Waals surface area (Å²) in [4.78, 5) is 13.9. The van der Waals surface area contributed by atoms with Crippen molar-refractivity contribution >= 4 is 17.2 Å². The minimum atomic E-state index is 0.593. The van der Waals surface area contributed by atoms with E-state index in [0.717, 1.165) is 36.4 Å². The molecule has 0 radical (unpaired) electrons. The van der Waals surface area contributed by atoms with Crippen LogP contribution in [0.25, 0.3) is 0 Å². The van der Waals surface area contributed by atoms with Gasteiger partial charge in [0.05, 0.1) is 10.7 Å². The molecule has 2 fully saturated rings. The summed E-state index contributed by atoms with van der Waals surface area (Å²) in [5, 5.41) is 1.40. The first-order valence-corrected chi connectivity index (χ1v) is 11.7. The Morgan fingerprint density at radius 3 is 2.70 bits per heavy atom. The standard InChI is InChI=1S/C23H31N3S/c1-16-4-2-7-22(24-16)26-13-12-19(15-26)23-25-20-10-8-18(9-11-21(20)27-23)14-17-5-3-6-17/h2,4,7,17-19H,3,5-6,8-15H2,1H3. The number of rotatable bonds is 4. The number of nitrogens with zero attached hydrogens (tertiary/aromatic N) is 3. The second kappa shape index (κ2) is 7.54. The number of fused-ring (bicyclic) bond motifs is 1. The van der Waals surface area contributed by atoms with Gasteiger partial charge in [-0.3, -0.25) is 0 Å². The molecule has 3 aliphatic rings. The largest absolute Gasteiger partial charge is 0.356 e. The molecule has 2 atom stereocenters. The van der Waals surface area contributed by atoms with Gasteiger partial charge in [-0.2, -0.15) is 0 Å². The molecule has 1 saturated heterocycles. The van der Waals surface area contributed by atoms with Crippen molar-refractivity contribution in [2.45, 2.75) is 70.6 Å². The lowest BCUT2D eigenvalue weighted by molar-refractivity contribution is 0.237. The van der Waals surface area contributed by atoms with Crippen molar-refractivity contribution in [1.82, 2.24) is 9.97 Å². The summed E-state index contributed by atoms with van der Waals surface area (Å²) in [6.07, 6.45) is 12.4. The first kappa shape index (κ1) is 17.7. The van der Waals surface area contributed by atoms with Gasteiger partial charge in [0.2, 0.25) is 0 Å². The molecule has 3 nitrogen and oxygen atoms in total. The third kappa shape index (κ3) is 3.78. The summed E-state index contributed by atoms with van der Waals surface area (Å²) in [6.45, 7) is 4.26. The summed E-state index contributed by atoms with van der Waals surface area (Å²) in [7, 11) is 0. The average molecular weight is 382 g/mol. The van der Waals surface area contributed by atoms with E-state index in [1.54, 1.807) is 4.88 Å². The Hall–Kier alpha value is -1.42. The van der Waals surface area contributed by atoms with Crippen molar-refractivity contribution in [2.75, 3.05) is 18.0 Å². The van der Waals surface area contributed by atoms with E-state index >= 15 is 0 Å². The molecule has 2 unspecified atom stereocenters. The van der Waals surface area contributed by atoms with Crippen LogP contribution < -0.4 is 4.90 Å². The van der Waals surface area contributed by atoms with Crippen LogP contribution in [0.2, 0.25) is 0 Å². The van der Waals surface area contributed by atoms with Crippen molar-refractivity contribution < 1.29 is 0 Å². The van der Waals surface area contributed by atoms with Gasteiger partial charge >= 0.3 is 0 Å². The Morgan fingerprint density at radius 1 is 1.04 bits per heavy atom. The third-order valence-corrected chi connectivity index (χ3v) is 8.31. The highest BCUT2D eigenvalue weighted by Gasteiger charge is 2.30. The molecule has 0 N–H and O–H groups in total. The van der Waals surface area contributed by atoms with Gasteiger partial charge in [0.15, 0.2) is 0 Å². The van der Waals surface area contributed by atoms with E-state index in [1.807, 2.05) is 11.3 Å². The molecule has 5 rings (SSSR count). The van der Waals surface area contributed by atoms with Crippen LogP contribution >= 0.6 is 11.3 Å². The van der Waals surface area contributed by atoms with Crippen molar-refractivity contribution in [1.29, 1.82) is 0 Å². The molecule has 0 amide bonds. The van der Waals surface area contributed by atoms with Crippen LogP contribution in [0.15, 0.2) is 18.2 Å². The summed E-state index contributed by atoms with van der Waals surface area (Å²) in [5.41, 5.74) is 2.55. The number of aromatic nitrogens is 2. The first-order chi connectivity index (χ1) is 13.2. The second-order valence-corrected chi connectivity index (χ2v) is 10.1. The molecule has 1 saturated carbocycles. The monoisotopic (exact) mass is 381 g/mol. The van der Waals surface area contributed by atoms with Crippen molar-refractivity contribution in [3.05, 3.63) is 39.5 Å². The average Bonchev–Trinajstić information content (AvgIpc) is 3.23. The molecule has 0 bridgehead atoms. The Morgan fingerprint density at radius 2 is 1.89 bits per heavy atom. The van der Waals surface area contributed by atoms with E-state index in [-0.39, 0.29) is 0 Å². The predicted molar refractivity (Wildman–Crippen MR) is 113 cm³/mol. The number of anilines is 1. The molecule has 2 aromatic heterocycles. The number of thiazole rings is 1. The molecule has 144 valence electrons. The lowest BCUT2D eigenvalue weighted by atomic mass is 9.77. The SMILES string of the molecule is Cc1cccc(N2CCC(c3nc4c(s3)CCC(CC3CCC3)CC4)C2)n1. The fraction of sp³-hybridized carbons (Fsp3) is 0.652. The van der Waals surface area contributed by atoms with Gasteiger partial charge in [-0.05, 0) is 69.4 Å². The highest BCUT2D eigenvalue weighted by atomic mass is 32.1. The fourth-order valence-corrected chi connectivity index (χ4v) is 6.35. The van der Waals surface area contributed by atoms with Gasteiger partial charge in [0.1, 0.15) is 5.82 Å². The number of pyridine rings is 1. The van der Waals surface area contributed by atoms with E-state index in [4.69, 9.17) is 9.97 Å². The normalized spacial score (nSPS) is 25.9. The van der Waals surface area contributed by atoms with Gasteiger partial charge in [-0.1, -0.05) is 25.3 Å². The molecule has 1 aliphatic heterocycles. The van der Waals surface area contributed by atoms with Crippen LogP contribution in [0.5, 0.6) is 0 Å². The molecular formula is C23H31N3S. The number of hydrogen-bond acceptors (Lipinski definition) is 4. The third-order valence-electron chi connectivity index (χ3n) is 6.99. The van der Waals surface area contributed by atoms with Gasteiger partial charge in [-0.25, -0.2) is 9.97 Å². The van der Waals surface area contributed by atoms with Gasteiger partial charge in [-0.15, -0.1) is 11.3 Å². The van der Waals surface area contributed by atoms with E-state index in [9.17, 15) is 0 Å². The molecule has 2 aliphatic carbocycles. The molecule has 2 aromatic rings. The Kier molecular flexibility index (Phi) is 4.93. The van der Waals surface area contributed by atoms with Crippen LogP contribution in [0.4, 0.5) is 5.82 Å². The zero-order chi connectivity index (χ0) is 18.2. The maximum absolute atomic E-state index is 5.16. The summed E-state index contributed by atoms with van der Waals surface area (Å²) in [5.74, 6) is 3.73. The van der Waals surface area contributed by atoms with Crippen LogP contribution in [-0.4, -0.2) is 23.1 Å². The van der Waals surface area contributed by atoms with Gasteiger partial charge < -0.3 is 4.90 Å². The van der Waals surface area contributed by atoms with Crippen LogP contribution in [0, 0.1) is 18.8 Å². The van der Waals surface area contributed by atoms with Crippen molar-refractivity contribution in [3.8, 4) is 0 Å². The lowest BCUT2D eigenvalue weighted by Crippen LogP contribution is -2.20. The number of aryl methyl sites for hydroxylation is 3. The first-order valence-electron chi connectivity index (χ1n) is 10.9. The van der Waals surface area contributed by atoms with Gasteiger partial charge in [0.25, 0.3) is 0 Å². The quantitative estimate of drug-likeness (QED) is 0.652. The Labute approximate surface area is 167 Å².